The lowest BCUT2D eigenvalue weighted by Gasteiger charge is -2.08. The summed E-state index contributed by atoms with van der Waals surface area (Å²) in [5.74, 6) is 1.58. The normalized spacial score (nSPS) is 10.6. The average Bonchev–Trinajstić information content (AvgIpc) is 2.82. The maximum Gasteiger partial charge on any atom is 0.343 e. The van der Waals surface area contributed by atoms with Gasteiger partial charge in [0, 0.05) is 6.07 Å². The molecule has 7 nitrogen and oxygen atoms in total. The molecule has 32 heavy (non-hydrogen) atoms. The molecule has 162 valence electrons. The van der Waals surface area contributed by atoms with Crippen LogP contribution in [0.2, 0.25) is 0 Å². The minimum Gasteiger partial charge on any atom is -0.497 e. The number of benzene rings is 3. The fraction of sp³-hybridized carbons (Fsp3) is 0.120. The molecule has 0 saturated carbocycles. The number of rotatable bonds is 7. The highest BCUT2D eigenvalue weighted by atomic mass is 16.5. The molecule has 0 bridgehead atoms. The number of ether oxygens (including phenoxy) is 4. The van der Waals surface area contributed by atoms with Crippen LogP contribution in [-0.2, 0) is 0 Å². The highest BCUT2D eigenvalue weighted by molar-refractivity contribution is 5.91. The maximum absolute atomic E-state index is 12.8. The number of fused-ring (bicyclic) bond motifs is 1. The van der Waals surface area contributed by atoms with E-state index in [1.165, 1.54) is 24.5 Å². The largest absolute Gasteiger partial charge is 0.497 e. The lowest BCUT2D eigenvalue weighted by atomic mass is 10.2. The predicted molar refractivity (Wildman–Crippen MR) is 118 cm³/mol. The molecular weight excluding hydrogens is 412 g/mol. The van der Waals surface area contributed by atoms with E-state index < -0.39 is 5.97 Å². The zero-order valence-corrected chi connectivity index (χ0v) is 17.5. The van der Waals surface area contributed by atoms with Crippen LogP contribution in [0, 0.1) is 0 Å². The van der Waals surface area contributed by atoms with E-state index in [9.17, 15) is 9.59 Å². The summed E-state index contributed by atoms with van der Waals surface area (Å²) >= 11 is 0. The summed E-state index contributed by atoms with van der Waals surface area (Å²) < 4.78 is 27.1. The molecule has 0 unspecified atom stereocenters. The van der Waals surface area contributed by atoms with Gasteiger partial charge in [0.1, 0.15) is 34.8 Å². The minimum absolute atomic E-state index is 0.0433. The Kier molecular flexibility index (Phi) is 6.07. The van der Waals surface area contributed by atoms with Gasteiger partial charge in [-0.1, -0.05) is 0 Å². The van der Waals surface area contributed by atoms with Gasteiger partial charge in [-0.2, -0.15) is 0 Å². The first-order valence-electron chi connectivity index (χ1n) is 9.90. The quantitative estimate of drug-likeness (QED) is 0.293. The van der Waals surface area contributed by atoms with E-state index in [0.29, 0.717) is 34.8 Å². The Bertz CT molecular complexity index is 1290. The molecule has 0 radical (unpaired) electrons. The Labute approximate surface area is 183 Å². The minimum atomic E-state index is -0.533. The summed E-state index contributed by atoms with van der Waals surface area (Å²) in [4.78, 5) is 25.2. The third-order valence-corrected chi connectivity index (χ3v) is 4.61. The number of hydrogen-bond donors (Lipinski definition) is 0. The highest BCUT2D eigenvalue weighted by Gasteiger charge is 2.13. The number of hydrogen-bond acceptors (Lipinski definition) is 7. The molecule has 0 fully saturated rings. The van der Waals surface area contributed by atoms with Crippen LogP contribution in [0.15, 0.2) is 82.2 Å². The van der Waals surface area contributed by atoms with Crippen molar-refractivity contribution in [3.05, 3.63) is 88.8 Å². The molecule has 3 aromatic carbocycles. The van der Waals surface area contributed by atoms with E-state index in [-0.39, 0.29) is 22.5 Å². The van der Waals surface area contributed by atoms with Gasteiger partial charge in [0.05, 0.1) is 24.7 Å². The molecule has 0 amide bonds. The summed E-state index contributed by atoms with van der Waals surface area (Å²) in [5.41, 5.74) is 0.304. The second kappa shape index (κ2) is 9.26. The van der Waals surface area contributed by atoms with Crippen LogP contribution in [0.5, 0.6) is 28.7 Å². The molecule has 4 rings (SSSR count). The molecule has 4 aromatic rings. The van der Waals surface area contributed by atoms with Gasteiger partial charge in [-0.25, -0.2) is 4.79 Å². The summed E-state index contributed by atoms with van der Waals surface area (Å²) in [5, 5.41) is 0.303. The van der Waals surface area contributed by atoms with Gasteiger partial charge in [0.25, 0.3) is 0 Å². The fourth-order valence-electron chi connectivity index (χ4n) is 3.02. The second-order valence-corrected chi connectivity index (χ2v) is 6.71. The number of esters is 1. The maximum atomic E-state index is 12.8. The molecule has 0 aliphatic carbocycles. The number of carbonyl (C=O) groups excluding carboxylic acids is 1. The van der Waals surface area contributed by atoms with Crippen LogP contribution in [0.4, 0.5) is 0 Å². The van der Waals surface area contributed by atoms with Gasteiger partial charge in [0.2, 0.25) is 11.2 Å². The Morgan fingerprint density at radius 2 is 1.53 bits per heavy atom. The topological polar surface area (TPSA) is 84.2 Å². The van der Waals surface area contributed by atoms with Crippen molar-refractivity contribution in [2.75, 3.05) is 13.7 Å². The fourth-order valence-corrected chi connectivity index (χ4v) is 3.02. The van der Waals surface area contributed by atoms with Crippen molar-refractivity contribution in [3.8, 4) is 28.7 Å². The lowest BCUT2D eigenvalue weighted by molar-refractivity contribution is 0.0735. The Balaban J connectivity index is 1.52. The molecule has 0 atom stereocenters. The third-order valence-electron chi connectivity index (χ3n) is 4.61. The molecule has 1 aromatic heterocycles. The van der Waals surface area contributed by atoms with Crippen LogP contribution in [0.1, 0.15) is 17.3 Å². The number of carbonyl (C=O) groups is 1. The summed E-state index contributed by atoms with van der Waals surface area (Å²) in [6.45, 7) is 2.42. The van der Waals surface area contributed by atoms with Crippen molar-refractivity contribution >= 4 is 16.9 Å². The zero-order chi connectivity index (χ0) is 22.5. The molecular formula is C25H20O7. The second-order valence-electron chi connectivity index (χ2n) is 6.71. The smallest absolute Gasteiger partial charge is 0.343 e. The number of methoxy groups -OCH3 is 1. The molecule has 0 aliphatic heterocycles. The first-order valence-corrected chi connectivity index (χ1v) is 9.90. The van der Waals surface area contributed by atoms with E-state index >= 15 is 0 Å². The van der Waals surface area contributed by atoms with Gasteiger partial charge < -0.3 is 23.4 Å². The first kappa shape index (κ1) is 21.0. The molecule has 0 aliphatic rings. The molecule has 1 heterocycles. The van der Waals surface area contributed by atoms with E-state index in [1.54, 1.807) is 55.6 Å². The Morgan fingerprint density at radius 1 is 0.875 bits per heavy atom. The van der Waals surface area contributed by atoms with Gasteiger partial charge in [0.15, 0.2) is 0 Å². The van der Waals surface area contributed by atoms with Crippen molar-refractivity contribution in [3.63, 3.8) is 0 Å². The van der Waals surface area contributed by atoms with Crippen LogP contribution < -0.4 is 24.4 Å². The van der Waals surface area contributed by atoms with Crippen LogP contribution in [-0.4, -0.2) is 19.7 Å². The van der Waals surface area contributed by atoms with E-state index in [4.69, 9.17) is 23.4 Å². The molecule has 0 N–H and O–H groups in total. The Hall–Kier alpha value is -4.26. The van der Waals surface area contributed by atoms with Crippen LogP contribution >= 0.6 is 0 Å². The summed E-state index contributed by atoms with van der Waals surface area (Å²) in [7, 11) is 1.57. The molecule has 7 heteroatoms. The van der Waals surface area contributed by atoms with Gasteiger partial charge in [-0.15, -0.1) is 0 Å². The lowest BCUT2D eigenvalue weighted by Crippen LogP contribution is -2.09. The van der Waals surface area contributed by atoms with Crippen LogP contribution in [0.3, 0.4) is 0 Å². The van der Waals surface area contributed by atoms with E-state index in [1.807, 2.05) is 6.92 Å². The summed E-state index contributed by atoms with van der Waals surface area (Å²) in [6, 6.07) is 18.0. The van der Waals surface area contributed by atoms with Crippen molar-refractivity contribution in [2.45, 2.75) is 6.92 Å². The predicted octanol–water partition coefficient (Wildman–Crippen LogP) is 5.21. The van der Waals surface area contributed by atoms with Crippen molar-refractivity contribution in [1.29, 1.82) is 0 Å². The van der Waals surface area contributed by atoms with Crippen molar-refractivity contribution in [2.24, 2.45) is 0 Å². The monoisotopic (exact) mass is 432 g/mol. The van der Waals surface area contributed by atoms with Gasteiger partial charge >= 0.3 is 5.97 Å². The average molecular weight is 432 g/mol. The SMILES string of the molecule is CCOc1ccc(C(=O)Oc2ccc3c(=O)c(Oc4ccc(OC)cc4)coc3c2)cc1. The van der Waals surface area contributed by atoms with E-state index in [0.717, 1.165) is 0 Å². The molecule has 0 saturated heterocycles. The molecule has 0 spiro atoms. The Morgan fingerprint density at radius 3 is 2.22 bits per heavy atom. The zero-order valence-electron chi connectivity index (χ0n) is 17.5. The third kappa shape index (κ3) is 4.57. The first-order chi connectivity index (χ1) is 15.6. The van der Waals surface area contributed by atoms with Crippen molar-refractivity contribution in [1.82, 2.24) is 0 Å². The van der Waals surface area contributed by atoms with Crippen molar-refractivity contribution < 1.29 is 28.2 Å². The van der Waals surface area contributed by atoms with Gasteiger partial charge in [-0.05, 0) is 67.6 Å². The van der Waals surface area contributed by atoms with Gasteiger partial charge in [-0.3, -0.25) is 4.79 Å². The highest BCUT2D eigenvalue weighted by Crippen LogP contribution is 2.26. The summed E-state index contributed by atoms with van der Waals surface area (Å²) in [6.07, 6.45) is 1.23. The van der Waals surface area contributed by atoms with Crippen LogP contribution in [0.25, 0.3) is 11.0 Å². The van der Waals surface area contributed by atoms with E-state index in [2.05, 4.69) is 0 Å². The standard InChI is InChI=1S/C25H20O7/c1-3-29-18-6-4-16(5-7-18)25(27)32-20-12-13-21-22(14-20)30-15-23(24(21)26)31-19-10-8-17(28-2)9-11-19/h4-15H,3H2,1-2H3.